The lowest BCUT2D eigenvalue weighted by Gasteiger charge is -2.37. The van der Waals surface area contributed by atoms with Crippen LogP contribution in [0.3, 0.4) is 0 Å². The smallest absolute Gasteiger partial charge is 0.241 e. The minimum Gasteiger partial charge on any atom is -0.495 e. The van der Waals surface area contributed by atoms with E-state index >= 15 is 0 Å². The van der Waals surface area contributed by atoms with Gasteiger partial charge in [-0.15, -0.1) is 0 Å². The SMILES string of the molecule is COc1ccccc1NC(=O)C(C)N1CCN(Cc2ccc(Cl)cc2)CC1. The third-order valence-corrected chi connectivity index (χ3v) is 5.27. The Hall–Kier alpha value is -2.08. The van der Waals surface area contributed by atoms with Crippen molar-refractivity contribution in [1.29, 1.82) is 0 Å². The summed E-state index contributed by atoms with van der Waals surface area (Å²) < 4.78 is 5.31. The van der Waals surface area contributed by atoms with Crippen molar-refractivity contribution in [2.75, 3.05) is 38.6 Å². The Balaban J connectivity index is 1.51. The number of ether oxygens (including phenoxy) is 1. The monoisotopic (exact) mass is 387 g/mol. The normalized spacial score (nSPS) is 16.7. The molecule has 3 rings (SSSR count). The molecule has 1 saturated heterocycles. The lowest BCUT2D eigenvalue weighted by Crippen LogP contribution is -2.52. The maximum atomic E-state index is 12.6. The van der Waals surface area contributed by atoms with Crippen LogP contribution in [0, 0.1) is 0 Å². The van der Waals surface area contributed by atoms with Crippen LogP contribution in [0.5, 0.6) is 5.75 Å². The van der Waals surface area contributed by atoms with Gasteiger partial charge in [-0.05, 0) is 36.8 Å². The van der Waals surface area contributed by atoms with Crippen LogP contribution >= 0.6 is 11.6 Å². The minimum absolute atomic E-state index is 0.00866. The first kappa shape index (κ1) is 19.7. The first-order chi connectivity index (χ1) is 13.1. The molecule has 27 heavy (non-hydrogen) atoms. The van der Waals surface area contributed by atoms with Gasteiger partial charge in [0.05, 0.1) is 18.8 Å². The van der Waals surface area contributed by atoms with Gasteiger partial charge in [0.15, 0.2) is 0 Å². The number of halogens is 1. The molecular formula is C21H26ClN3O2. The maximum absolute atomic E-state index is 12.6. The molecule has 1 amide bonds. The quantitative estimate of drug-likeness (QED) is 0.824. The zero-order valence-corrected chi connectivity index (χ0v) is 16.6. The average Bonchev–Trinajstić information content (AvgIpc) is 2.70. The van der Waals surface area contributed by atoms with E-state index in [0.717, 1.165) is 37.7 Å². The van der Waals surface area contributed by atoms with Crippen LogP contribution in [0.25, 0.3) is 0 Å². The highest BCUT2D eigenvalue weighted by molar-refractivity contribution is 6.30. The first-order valence-corrected chi connectivity index (χ1v) is 9.59. The maximum Gasteiger partial charge on any atom is 0.241 e. The Kier molecular flexibility index (Phi) is 6.72. The molecule has 1 unspecified atom stereocenters. The van der Waals surface area contributed by atoms with E-state index in [-0.39, 0.29) is 11.9 Å². The second-order valence-electron chi connectivity index (χ2n) is 6.80. The number of para-hydroxylation sites is 2. The Bertz CT molecular complexity index is 758. The molecule has 0 spiro atoms. The van der Waals surface area contributed by atoms with Gasteiger partial charge in [0, 0.05) is 37.7 Å². The van der Waals surface area contributed by atoms with Gasteiger partial charge in [0.25, 0.3) is 0 Å². The van der Waals surface area contributed by atoms with Crippen molar-refractivity contribution >= 4 is 23.2 Å². The summed E-state index contributed by atoms with van der Waals surface area (Å²) in [5.41, 5.74) is 1.97. The molecule has 2 aromatic carbocycles. The number of carbonyl (C=O) groups excluding carboxylic acids is 1. The van der Waals surface area contributed by atoms with Crippen molar-refractivity contribution in [3.63, 3.8) is 0 Å². The molecule has 144 valence electrons. The molecule has 1 aliphatic heterocycles. The summed E-state index contributed by atoms with van der Waals surface area (Å²) in [5, 5.41) is 3.75. The number of hydrogen-bond donors (Lipinski definition) is 1. The lowest BCUT2D eigenvalue weighted by atomic mass is 10.1. The Morgan fingerprint density at radius 1 is 1.11 bits per heavy atom. The molecule has 0 aliphatic carbocycles. The van der Waals surface area contributed by atoms with Crippen molar-refractivity contribution in [1.82, 2.24) is 9.80 Å². The van der Waals surface area contributed by atoms with E-state index in [2.05, 4.69) is 27.2 Å². The fourth-order valence-electron chi connectivity index (χ4n) is 3.31. The zero-order chi connectivity index (χ0) is 19.2. The number of carbonyl (C=O) groups is 1. The van der Waals surface area contributed by atoms with E-state index in [0.29, 0.717) is 11.4 Å². The molecule has 1 fully saturated rings. The topological polar surface area (TPSA) is 44.8 Å². The molecule has 1 aliphatic rings. The van der Waals surface area contributed by atoms with E-state index in [4.69, 9.17) is 16.3 Å². The summed E-state index contributed by atoms with van der Waals surface area (Å²) in [6.45, 7) is 6.48. The molecular weight excluding hydrogens is 362 g/mol. The summed E-state index contributed by atoms with van der Waals surface area (Å²) in [6, 6.07) is 15.3. The molecule has 1 atom stereocenters. The van der Waals surface area contributed by atoms with Crippen LogP contribution in [-0.2, 0) is 11.3 Å². The molecule has 6 heteroatoms. The Labute approximate surface area is 165 Å². The summed E-state index contributed by atoms with van der Waals surface area (Å²) in [5.74, 6) is 0.663. The van der Waals surface area contributed by atoms with Crippen molar-refractivity contribution in [3.8, 4) is 5.75 Å². The number of amides is 1. The number of piperazine rings is 1. The van der Waals surface area contributed by atoms with Gasteiger partial charge in [-0.1, -0.05) is 35.9 Å². The number of methoxy groups -OCH3 is 1. The highest BCUT2D eigenvalue weighted by Gasteiger charge is 2.26. The van der Waals surface area contributed by atoms with Crippen LogP contribution < -0.4 is 10.1 Å². The summed E-state index contributed by atoms with van der Waals surface area (Å²) >= 11 is 5.95. The molecule has 1 heterocycles. The second-order valence-corrected chi connectivity index (χ2v) is 7.24. The fourth-order valence-corrected chi connectivity index (χ4v) is 3.43. The first-order valence-electron chi connectivity index (χ1n) is 9.21. The third kappa shape index (κ3) is 5.22. The molecule has 0 saturated carbocycles. The number of anilines is 1. The van der Waals surface area contributed by atoms with Gasteiger partial charge in [-0.25, -0.2) is 0 Å². The van der Waals surface area contributed by atoms with Crippen LogP contribution in [0.4, 0.5) is 5.69 Å². The molecule has 5 nitrogen and oxygen atoms in total. The average molecular weight is 388 g/mol. The molecule has 0 bridgehead atoms. The Morgan fingerprint density at radius 3 is 2.44 bits per heavy atom. The highest BCUT2D eigenvalue weighted by atomic mass is 35.5. The van der Waals surface area contributed by atoms with E-state index in [1.807, 2.05) is 43.3 Å². The lowest BCUT2D eigenvalue weighted by molar-refractivity contribution is -0.121. The van der Waals surface area contributed by atoms with Gasteiger partial charge in [0.1, 0.15) is 5.75 Å². The van der Waals surface area contributed by atoms with E-state index < -0.39 is 0 Å². The van der Waals surface area contributed by atoms with Crippen LogP contribution in [0.15, 0.2) is 48.5 Å². The number of nitrogens with zero attached hydrogens (tertiary/aromatic N) is 2. The van der Waals surface area contributed by atoms with Crippen molar-refractivity contribution < 1.29 is 9.53 Å². The van der Waals surface area contributed by atoms with Crippen LogP contribution in [-0.4, -0.2) is 55.0 Å². The van der Waals surface area contributed by atoms with Gasteiger partial charge in [-0.3, -0.25) is 14.6 Å². The van der Waals surface area contributed by atoms with Crippen LogP contribution in [0.1, 0.15) is 12.5 Å². The standard InChI is InChI=1S/C21H26ClN3O2/c1-16(21(26)23-19-5-3-4-6-20(19)27-2)25-13-11-24(12-14-25)15-17-7-9-18(22)10-8-17/h3-10,16H,11-15H2,1-2H3,(H,23,26). The minimum atomic E-state index is -0.187. The fraction of sp³-hybridized carbons (Fsp3) is 0.381. The number of benzene rings is 2. The van der Waals surface area contributed by atoms with Crippen molar-refractivity contribution in [3.05, 3.63) is 59.1 Å². The molecule has 0 aromatic heterocycles. The highest BCUT2D eigenvalue weighted by Crippen LogP contribution is 2.23. The van der Waals surface area contributed by atoms with Gasteiger partial charge in [0.2, 0.25) is 5.91 Å². The van der Waals surface area contributed by atoms with E-state index in [1.54, 1.807) is 7.11 Å². The number of hydrogen-bond acceptors (Lipinski definition) is 4. The predicted molar refractivity (Wildman–Crippen MR) is 109 cm³/mol. The van der Waals surface area contributed by atoms with E-state index in [9.17, 15) is 4.79 Å². The van der Waals surface area contributed by atoms with Gasteiger partial charge in [-0.2, -0.15) is 0 Å². The second kappa shape index (κ2) is 9.22. The van der Waals surface area contributed by atoms with Crippen molar-refractivity contribution in [2.45, 2.75) is 19.5 Å². The van der Waals surface area contributed by atoms with Gasteiger partial charge >= 0.3 is 0 Å². The molecule has 0 radical (unpaired) electrons. The number of rotatable bonds is 6. The van der Waals surface area contributed by atoms with Gasteiger partial charge < -0.3 is 10.1 Å². The zero-order valence-electron chi connectivity index (χ0n) is 15.8. The van der Waals surface area contributed by atoms with Crippen molar-refractivity contribution in [2.24, 2.45) is 0 Å². The molecule has 1 N–H and O–H groups in total. The largest absolute Gasteiger partial charge is 0.495 e. The van der Waals surface area contributed by atoms with Crippen LogP contribution in [0.2, 0.25) is 5.02 Å². The summed E-state index contributed by atoms with van der Waals surface area (Å²) in [4.78, 5) is 17.3. The molecule has 2 aromatic rings. The third-order valence-electron chi connectivity index (χ3n) is 5.02. The number of nitrogens with one attached hydrogen (secondary N) is 1. The summed E-state index contributed by atoms with van der Waals surface area (Å²) in [6.07, 6.45) is 0. The van der Waals surface area contributed by atoms with E-state index in [1.165, 1.54) is 5.56 Å². The predicted octanol–water partition coefficient (Wildman–Crippen LogP) is 3.49. The Morgan fingerprint density at radius 2 is 1.78 bits per heavy atom. The summed E-state index contributed by atoms with van der Waals surface area (Å²) in [7, 11) is 1.61.